The minimum atomic E-state index is -0.341. The molecular weight excluding hydrogens is 315 g/mol. The Morgan fingerprint density at radius 3 is 2.76 bits per heavy atom. The molecule has 1 unspecified atom stereocenters. The van der Waals surface area contributed by atoms with Crippen molar-refractivity contribution in [2.75, 3.05) is 13.1 Å². The van der Waals surface area contributed by atoms with Crippen molar-refractivity contribution in [2.24, 2.45) is 0 Å². The fourth-order valence-corrected chi connectivity index (χ4v) is 2.96. The third-order valence-electron chi connectivity index (χ3n) is 3.37. The first-order valence-corrected chi connectivity index (χ1v) is 7.38. The maximum Gasteiger partial charge on any atom is 0.257 e. The third kappa shape index (κ3) is 3.80. The lowest BCUT2D eigenvalue weighted by atomic mass is 10.0. The molecule has 0 radical (unpaired) electrons. The second-order valence-corrected chi connectivity index (χ2v) is 5.92. The van der Waals surface area contributed by atoms with Gasteiger partial charge in [-0.3, -0.25) is 9.59 Å². The summed E-state index contributed by atoms with van der Waals surface area (Å²) in [4.78, 5) is 25.2. The summed E-state index contributed by atoms with van der Waals surface area (Å²) in [6, 6.07) is 2.70. The van der Waals surface area contributed by atoms with Gasteiger partial charge in [0.2, 0.25) is 5.91 Å². The number of phenolic OH excluding ortho intramolecular Hbond substituents is 1. The van der Waals surface area contributed by atoms with Crippen LogP contribution < -0.4 is 5.32 Å². The molecule has 1 aliphatic rings. The molecular formula is C14H16Cl2N2O3. The van der Waals surface area contributed by atoms with Crippen LogP contribution in [0.3, 0.4) is 0 Å². The van der Waals surface area contributed by atoms with Gasteiger partial charge in [-0.15, -0.1) is 0 Å². The zero-order valence-electron chi connectivity index (χ0n) is 11.5. The number of nitrogens with one attached hydrogen (secondary N) is 1. The smallest absolute Gasteiger partial charge is 0.257 e. The molecule has 1 atom stereocenters. The van der Waals surface area contributed by atoms with Crippen molar-refractivity contribution in [2.45, 2.75) is 25.8 Å². The maximum absolute atomic E-state index is 12.5. The molecule has 2 rings (SSSR count). The van der Waals surface area contributed by atoms with Gasteiger partial charge in [0.05, 0.1) is 10.6 Å². The molecule has 5 nitrogen and oxygen atoms in total. The van der Waals surface area contributed by atoms with Gasteiger partial charge in [0.25, 0.3) is 5.91 Å². The highest BCUT2D eigenvalue weighted by molar-refractivity contribution is 6.36. The number of likely N-dealkylation sites (tertiary alicyclic amines) is 1. The molecule has 7 heteroatoms. The summed E-state index contributed by atoms with van der Waals surface area (Å²) < 4.78 is 0. The van der Waals surface area contributed by atoms with Gasteiger partial charge in [-0.25, -0.2) is 0 Å². The Labute approximate surface area is 132 Å². The van der Waals surface area contributed by atoms with E-state index < -0.39 is 0 Å². The quantitative estimate of drug-likeness (QED) is 0.874. The minimum Gasteiger partial charge on any atom is -0.506 e. The van der Waals surface area contributed by atoms with E-state index in [1.165, 1.54) is 19.1 Å². The minimum absolute atomic E-state index is 0.0428. The van der Waals surface area contributed by atoms with E-state index in [4.69, 9.17) is 23.2 Å². The molecule has 1 fully saturated rings. The highest BCUT2D eigenvalue weighted by Gasteiger charge is 2.27. The lowest BCUT2D eigenvalue weighted by Crippen LogP contribution is -2.49. The molecule has 21 heavy (non-hydrogen) atoms. The molecule has 2 N–H and O–H groups in total. The van der Waals surface area contributed by atoms with Crippen LogP contribution >= 0.6 is 23.2 Å². The molecule has 1 aliphatic heterocycles. The highest BCUT2D eigenvalue weighted by Crippen LogP contribution is 2.32. The van der Waals surface area contributed by atoms with Gasteiger partial charge in [-0.1, -0.05) is 23.2 Å². The van der Waals surface area contributed by atoms with Gasteiger partial charge in [0.15, 0.2) is 0 Å². The Morgan fingerprint density at radius 1 is 1.38 bits per heavy atom. The fraction of sp³-hybridized carbons (Fsp3) is 0.429. The molecule has 1 aromatic rings. The molecule has 1 saturated heterocycles. The van der Waals surface area contributed by atoms with E-state index in [0.29, 0.717) is 13.1 Å². The Kier molecular flexibility index (Phi) is 4.96. The number of hydrogen-bond donors (Lipinski definition) is 2. The van der Waals surface area contributed by atoms with Crippen molar-refractivity contribution in [1.29, 1.82) is 0 Å². The van der Waals surface area contributed by atoms with Gasteiger partial charge < -0.3 is 15.3 Å². The number of benzene rings is 1. The van der Waals surface area contributed by atoms with Crippen molar-refractivity contribution in [3.05, 3.63) is 27.7 Å². The van der Waals surface area contributed by atoms with Gasteiger partial charge in [-0.2, -0.15) is 0 Å². The monoisotopic (exact) mass is 330 g/mol. The van der Waals surface area contributed by atoms with E-state index in [0.717, 1.165) is 12.8 Å². The van der Waals surface area contributed by atoms with Gasteiger partial charge in [0.1, 0.15) is 5.75 Å². The lowest BCUT2D eigenvalue weighted by molar-refractivity contribution is -0.120. The fourth-order valence-electron chi connectivity index (χ4n) is 2.47. The first-order valence-electron chi connectivity index (χ1n) is 6.63. The van der Waals surface area contributed by atoms with Crippen LogP contribution in [0.2, 0.25) is 10.0 Å². The average molecular weight is 331 g/mol. The number of nitrogens with zero attached hydrogens (tertiary/aromatic N) is 1. The second kappa shape index (κ2) is 6.54. The number of aromatic hydroxyl groups is 1. The Balaban J connectivity index is 2.18. The van der Waals surface area contributed by atoms with Crippen molar-refractivity contribution in [3.8, 4) is 5.75 Å². The van der Waals surface area contributed by atoms with E-state index in [1.54, 1.807) is 4.90 Å². The standard InChI is InChI=1S/C14H16Cl2N2O3/c1-8(19)17-10-3-2-4-18(7-10)14(21)11-5-9(15)6-12(16)13(11)20/h5-6,10,20H,2-4,7H2,1H3,(H,17,19). The molecule has 2 amide bonds. The zero-order valence-corrected chi connectivity index (χ0v) is 13.0. The highest BCUT2D eigenvalue weighted by atomic mass is 35.5. The summed E-state index contributed by atoms with van der Waals surface area (Å²) in [7, 11) is 0. The number of rotatable bonds is 2. The van der Waals surface area contributed by atoms with Gasteiger partial charge in [-0.05, 0) is 25.0 Å². The Morgan fingerprint density at radius 2 is 2.10 bits per heavy atom. The molecule has 114 valence electrons. The first kappa shape index (κ1) is 15.9. The summed E-state index contributed by atoms with van der Waals surface area (Å²) in [6.45, 7) is 2.42. The van der Waals surface area contributed by atoms with Crippen molar-refractivity contribution in [3.63, 3.8) is 0 Å². The topological polar surface area (TPSA) is 69.6 Å². The van der Waals surface area contributed by atoms with Crippen molar-refractivity contribution in [1.82, 2.24) is 10.2 Å². The maximum atomic E-state index is 12.5. The molecule has 0 spiro atoms. The predicted molar refractivity (Wildman–Crippen MR) is 80.9 cm³/mol. The number of carbonyl (C=O) groups is 2. The third-order valence-corrected chi connectivity index (χ3v) is 3.88. The first-order chi connectivity index (χ1) is 9.88. The van der Waals surface area contributed by atoms with E-state index in [1.807, 2.05) is 0 Å². The van der Waals surface area contributed by atoms with Crippen LogP contribution in [-0.2, 0) is 4.79 Å². The van der Waals surface area contributed by atoms with Crippen LogP contribution in [0.25, 0.3) is 0 Å². The average Bonchev–Trinajstić information content (AvgIpc) is 2.41. The number of carbonyl (C=O) groups excluding carboxylic acids is 2. The van der Waals surface area contributed by atoms with Gasteiger partial charge in [0, 0.05) is 31.1 Å². The molecule has 0 saturated carbocycles. The molecule has 1 aromatic carbocycles. The van der Waals surface area contributed by atoms with E-state index in [2.05, 4.69) is 5.32 Å². The Bertz CT molecular complexity index is 578. The molecule has 0 bridgehead atoms. The van der Waals surface area contributed by atoms with Gasteiger partial charge >= 0.3 is 0 Å². The summed E-state index contributed by atoms with van der Waals surface area (Å²) in [5.41, 5.74) is 0.0796. The molecule has 0 aromatic heterocycles. The zero-order chi connectivity index (χ0) is 15.6. The Hall–Kier alpha value is -1.46. The number of phenols is 1. The van der Waals surface area contributed by atoms with Crippen LogP contribution in [0.5, 0.6) is 5.75 Å². The van der Waals surface area contributed by atoms with E-state index in [-0.39, 0.29) is 39.2 Å². The summed E-state index contributed by atoms with van der Waals surface area (Å²) in [5, 5.41) is 13.1. The van der Waals surface area contributed by atoms with Crippen LogP contribution in [0.4, 0.5) is 0 Å². The van der Waals surface area contributed by atoms with Crippen LogP contribution in [0, 0.1) is 0 Å². The number of halogens is 2. The van der Waals surface area contributed by atoms with Crippen molar-refractivity contribution < 1.29 is 14.7 Å². The van der Waals surface area contributed by atoms with E-state index >= 15 is 0 Å². The number of piperidine rings is 1. The lowest BCUT2D eigenvalue weighted by Gasteiger charge is -2.33. The number of hydrogen-bond acceptors (Lipinski definition) is 3. The van der Waals surface area contributed by atoms with Crippen LogP contribution in [0.15, 0.2) is 12.1 Å². The second-order valence-electron chi connectivity index (χ2n) is 5.07. The predicted octanol–water partition coefficient (Wildman–Crippen LogP) is 2.44. The van der Waals surface area contributed by atoms with Crippen LogP contribution in [-0.4, -0.2) is 41.0 Å². The molecule has 0 aliphatic carbocycles. The summed E-state index contributed by atoms with van der Waals surface area (Å²) >= 11 is 11.7. The number of amides is 2. The molecule has 1 heterocycles. The summed E-state index contributed by atoms with van der Waals surface area (Å²) in [5.74, 6) is -0.734. The van der Waals surface area contributed by atoms with Crippen LogP contribution in [0.1, 0.15) is 30.1 Å². The van der Waals surface area contributed by atoms with Crippen molar-refractivity contribution >= 4 is 35.0 Å². The van der Waals surface area contributed by atoms with E-state index in [9.17, 15) is 14.7 Å². The normalized spacial score (nSPS) is 18.4. The largest absolute Gasteiger partial charge is 0.506 e. The summed E-state index contributed by atoms with van der Waals surface area (Å²) in [6.07, 6.45) is 1.61. The SMILES string of the molecule is CC(=O)NC1CCCN(C(=O)c2cc(Cl)cc(Cl)c2O)C1.